The molecule has 0 radical (unpaired) electrons. The Labute approximate surface area is 101 Å². The summed E-state index contributed by atoms with van der Waals surface area (Å²) in [5.41, 5.74) is 0.902. The van der Waals surface area contributed by atoms with Crippen molar-refractivity contribution in [2.75, 3.05) is 25.6 Å². The molecular formula is C10H16N4OS. The number of thiocarbonyl (C=S) groups is 1. The summed E-state index contributed by atoms with van der Waals surface area (Å²) in [5, 5.41) is 6.49. The quantitative estimate of drug-likeness (QED) is 0.594. The van der Waals surface area contributed by atoms with Gasteiger partial charge in [-0.1, -0.05) is 0 Å². The van der Waals surface area contributed by atoms with Crippen LogP contribution in [0.4, 0.5) is 5.95 Å². The van der Waals surface area contributed by atoms with E-state index in [0.29, 0.717) is 11.1 Å². The zero-order valence-electron chi connectivity index (χ0n) is 9.49. The second-order valence-corrected chi connectivity index (χ2v) is 3.66. The van der Waals surface area contributed by atoms with Gasteiger partial charge in [0.1, 0.15) is 0 Å². The molecule has 0 amide bonds. The number of anilines is 1. The molecule has 6 heteroatoms. The second-order valence-electron chi connectivity index (χ2n) is 3.25. The summed E-state index contributed by atoms with van der Waals surface area (Å²) in [6.45, 7) is 3.39. The van der Waals surface area contributed by atoms with Crippen LogP contribution in [-0.2, 0) is 4.74 Å². The minimum atomic E-state index is 0.518. The van der Waals surface area contributed by atoms with Crippen LogP contribution < -0.4 is 10.6 Å². The van der Waals surface area contributed by atoms with Crippen molar-refractivity contribution in [2.45, 2.75) is 13.3 Å². The van der Waals surface area contributed by atoms with Gasteiger partial charge in [-0.05, 0) is 31.6 Å². The molecule has 2 N–H and O–H groups in total. The van der Waals surface area contributed by atoms with Crippen LogP contribution in [0.15, 0.2) is 12.3 Å². The van der Waals surface area contributed by atoms with E-state index in [1.54, 1.807) is 13.3 Å². The van der Waals surface area contributed by atoms with Gasteiger partial charge in [-0.25, -0.2) is 9.97 Å². The van der Waals surface area contributed by atoms with Crippen LogP contribution in [0, 0.1) is 6.92 Å². The topological polar surface area (TPSA) is 59.1 Å². The average molecular weight is 240 g/mol. The highest BCUT2D eigenvalue weighted by molar-refractivity contribution is 7.80. The molecule has 1 rings (SSSR count). The minimum absolute atomic E-state index is 0.518. The SMILES string of the molecule is COCCCNC(=S)Nc1nccc(C)n1. The van der Waals surface area contributed by atoms with Crippen LogP contribution in [0.1, 0.15) is 12.1 Å². The van der Waals surface area contributed by atoms with Crippen molar-refractivity contribution >= 4 is 23.3 Å². The number of methoxy groups -OCH3 is 1. The third-order valence-electron chi connectivity index (χ3n) is 1.83. The van der Waals surface area contributed by atoms with Crippen LogP contribution >= 0.6 is 12.2 Å². The lowest BCUT2D eigenvalue weighted by atomic mass is 10.4. The highest BCUT2D eigenvalue weighted by Crippen LogP contribution is 1.98. The fraction of sp³-hybridized carbons (Fsp3) is 0.500. The maximum Gasteiger partial charge on any atom is 0.229 e. The molecule has 0 aliphatic carbocycles. The number of nitrogens with one attached hydrogen (secondary N) is 2. The minimum Gasteiger partial charge on any atom is -0.385 e. The van der Waals surface area contributed by atoms with Crippen molar-refractivity contribution < 1.29 is 4.74 Å². The molecule has 0 saturated carbocycles. The highest BCUT2D eigenvalue weighted by atomic mass is 32.1. The van der Waals surface area contributed by atoms with Crippen LogP contribution in [0.3, 0.4) is 0 Å². The number of aryl methyl sites for hydroxylation is 1. The van der Waals surface area contributed by atoms with Gasteiger partial charge in [0.15, 0.2) is 5.11 Å². The molecular weight excluding hydrogens is 224 g/mol. The van der Waals surface area contributed by atoms with Crippen molar-refractivity contribution in [1.82, 2.24) is 15.3 Å². The number of ether oxygens (including phenoxy) is 1. The second kappa shape index (κ2) is 7.08. The Morgan fingerprint density at radius 3 is 3.06 bits per heavy atom. The van der Waals surface area contributed by atoms with Crippen LogP contribution in [-0.4, -0.2) is 35.3 Å². The Kier molecular flexibility index (Phi) is 5.66. The number of hydrogen-bond acceptors (Lipinski definition) is 4. The van der Waals surface area contributed by atoms with E-state index in [0.717, 1.165) is 25.3 Å². The van der Waals surface area contributed by atoms with E-state index < -0.39 is 0 Å². The molecule has 0 spiro atoms. The van der Waals surface area contributed by atoms with Crippen LogP contribution in [0.25, 0.3) is 0 Å². The molecule has 16 heavy (non-hydrogen) atoms. The maximum atomic E-state index is 5.09. The zero-order chi connectivity index (χ0) is 11.8. The Balaban J connectivity index is 2.29. The largest absolute Gasteiger partial charge is 0.385 e. The van der Waals surface area contributed by atoms with Gasteiger partial charge in [0.25, 0.3) is 0 Å². The normalized spacial score (nSPS) is 9.88. The first-order valence-electron chi connectivity index (χ1n) is 5.06. The molecule has 0 unspecified atom stereocenters. The summed E-state index contributed by atoms with van der Waals surface area (Å²) in [5.74, 6) is 0.518. The Bertz CT molecular complexity index is 345. The van der Waals surface area contributed by atoms with Crippen LogP contribution in [0.2, 0.25) is 0 Å². The molecule has 0 aromatic carbocycles. The fourth-order valence-corrected chi connectivity index (χ4v) is 1.27. The molecule has 1 aromatic heterocycles. The summed E-state index contributed by atoms with van der Waals surface area (Å²) >= 11 is 5.09. The Hall–Kier alpha value is -1.27. The maximum absolute atomic E-state index is 5.09. The third-order valence-corrected chi connectivity index (χ3v) is 2.08. The Morgan fingerprint density at radius 2 is 2.38 bits per heavy atom. The van der Waals surface area contributed by atoms with E-state index in [1.165, 1.54) is 0 Å². The lowest BCUT2D eigenvalue weighted by Crippen LogP contribution is -2.30. The van der Waals surface area contributed by atoms with Gasteiger partial charge in [0.05, 0.1) is 0 Å². The molecule has 0 bridgehead atoms. The highest BCUT2D eigenvalue weighted by Gasteiger charge is 1.99. The van der Waals surface area contributed by atoms with Gasteiger partial charge in [-0.3, -0.25) is 0 Å². The predicted molar refractivity (Wildman–Crippen MR) is 67.5 cm³/mol. The van der Waals surface area contributed by atoms with Crippen molar-refractivity contribution in [3.8, 4) is 0 Å². The van der Waals surface area contributed by atoms with Gasteiger partial charge in [-0.15, -0.1) is 0 Å². The van der Waals surface area contributed by atoms with E-state index in [4.69, 9.17) is 17.0 Å². The standard InChI is InChI=1S/C10H16N4OS/c1-8-4-6-11-9(13-8)14-10(16)12-5-3-7-15-2/h4,6H,3,5,7H2,1-2H3,(H2,11,12,13,14,16). The van der Waals surface area contributed by atoms with Crippen molar-refractivity contribution in [1.29, 1.82) is 0 Å². The molecule has 1 aromatic rings. The molecule has 1 heterocycles. The average Bonchev–Trinajstić information content (AvgIpc) is 2.24. The van der Waals surface area contributed by atoms with Crippen molar-refractivity contribution in [3.63, 3.8) is 0 Å². The molecule has 88 valence electrons. The molecule has 0 saturated heterocycles. The van der Waals surface area contributed by atoms with Gasteiger partial charge in [0, 0.05) is 32.2 Å². The van der Waals surface area contributed by atoms with Gasteiger partial charge in [-0.2, -0.15) is 0 Å². The number of aromatic nitrogens is 2. The van der Waals surface area contributed by atoms with Crippen LogP contribution in [0.5, 0.6) is 0 Å². The van der Waals surface area contributed by atoms with E-state index >= 15 is 0 Å². The van der Waals surface area contributed by atoms with E-state index in [-0.39, 0.29) is 0 Å². The number of hydrogen-bond donors (Lipinski definition) is 2. The summed E-state index contributed by atoms with van der Waals surface area (Å²) in [7, 11) is 1.68. The first kappa shape index (κ1) is 12.8. The van der Waals surface area contributed by atoms with Crippen molar-refractivity contribution in [3.05, 3.63) is 18.0 Å². The van der Waals surface area contributed by atoms with E-state index in [1.807, 2.05) is 13.0 Å². The fourth-order valence-electron chi connectivity index (χ4n) is 1.07. The summed E-state index contributed by atoms with van der Waals surface area (Å²) in [6, 6.07) is 1.83. The number of rotatable bonds is 5. The zero-order valence-corrected chi connectivity index (χ0v) is 10.3. The molecule has 5 nitrogen and oxygen atoms in total. The van der Waals surface area contributed by atoms with Crippen molar-refractivity contribution in [2.24, 2.45) is 0 Å². The first-order valence-corrected chi connectivity index (χ1v) is 5.46. The number of nitrogens with zero attached hydrogens (tertiary/aromatic N) is 2. The van der Waals surface area contributed by atoms with E-state index in [2.05, 4.69) is 20.6 Å². The van der Waals surface area contributed by atoms with Gasteiger partial charge >= 0.3 is 0 Å². The summed E-state index contributed by atoms with van der Waals surface area (Å²) in [4.78, 5) is 8.23. The summed E-state index contributed by atoms with van der Waals surface area (Å²) in [6.07, 6.45) is 2.60. The smallest absolute Gasteiger partial charge is 0.229 e. The molecule has 0 aliphatic rings. The monoisotopic (exact) mass is 240 g/mol. The van der Waals surface area contributed by atoms with Gasteiger partial charge in [0.2, 0.25) is 5.95 Å². The van der Waals surface area contributed by atoms with E-state index in [9.17, 15) is 0 Å². The summed E-state index contributed by atoms with van der Waals surface area (Å²) < 4.78 is 4.93. The molecule has 0 aliphatic heterocycles. The lowest BCUT2D eigenvalue weighted by Gasteiger charge is -2.08. The van der Waals surface area contributed by atoms with Gasteiger partial charge < -0.3 is 15.4 Å². The third kappa shape index (κ3) is 4.99. The lowest BCUT2D eigenvalue weighted by molar-refractivity contribution is 0.196. The molecule has 0 atom stereocenters. The molecule has 0 fully saturated rings. The predicted octanol–water partition coefficient (Wildman–Crippen LogP) is 1.11. The first-order chi connectivity index (χ1) is 7.72. The Morgan fingerprint density at radius 1 is 1.56 bits per heavy atom.